The number of hydrogen-bond acceptors (Lipinski definition) is 5. The number of methoxy groups -OCH3 is 1. The van der Waals surface area contributed by atoms with Gasteiger partial charge in [0.1, 0.15) is 5.75 Å². The molecule has 0 radical (unpaired) electrons. The number of nitrogens with one attached hydrogen (secondary N) is 2. The zero-order valence-electron chi connectivity index (χ0n) is 15.3. The lowest BCUT2D eigenvalue weighted by Crippen LogP contribution is -2.50. The van der Waals surface area contributed by atoms with E-state index < -0.39 is 23.4 Å². The second-order valence-corrected chi connectivity index (χ2v) is 7.22. The minimum atomic E-state index is -1.38. The Labute approximate surface area is 151 Å². The summed E-state index contributed by atoms with van der Waals surface area (Å²) in [4.78, 5) is 25.3. The SMILES string of the molecule is COc1cccc([C@H]2c3c([nH][nH]c3=O)C[C@@](C)(O)[C@H]2C(=O)OC(C)C)c1. The van der Waals surface area contributed by atoms with Crippen LogP contribution < -0.4 is 10.3 Å². The third-order valence-electron chi connectivity index (χ3n) is 4.80. The fourth-order valence-electron chi connectivity index (χ4n) is 3.76. The molecule has 0 saturated heterocycles. The van der Waals surface area contributed by atoms with Crippen LogP contribution in [-0.2, 0) is 16.0 Å². The normalized spacial score (nSPS) is 25.0. The van der Waals surface area contributed by atoms with Gasteiger partial charge < -0.3 is 19.7 Å². The van der Waals surface area contributed by atoms with Crippen molar-refractivity contribution in [2.75, 3.05) is 7.11 Å². The Morgan fingerprint density at radius 2 is 2.08 bits per heavy atom. The van der Waals surface area contributed by atoms with Crippen LogP contribution in [0.2, 0.25) is 0 Å². The summed E-state index contributed by atoms with van der Waals surface area (Å²) in [5.74, 6) is -1.48. The molecule has 7 nitrogen and oxygen atoms in total. The van der Waals surface area contributed by atoms with Crippen LogP contribution in [0.15, 0.2) is 29.1 Å². The molecular weight excluding hydrogens is 336 g/mol. The molecule has 2 aromatic rings. The van der Waals surface area contributed by atoms with Crippen LogP contribution >= 0.6 is 0 Å². The highest BCUT2D eigenvalue weighted by atomic mass is 16.5. The largest absolute Gasteiger partial charge is 0.497 e. The highest BCUT2D eigenvalue weighted by Gasteiger charge is 2.51. The fraction of sp³-hybridized carbons (Fsp3) is 0.474. The molecule has 0 saturated carbocycles. The van der Waals surface area contributed by atoms with Gasteiger partial charge in [0, 0.05) is 23.6 Å². The number of fused-ring (bicyclic) bond motifs is 1. The monoisotopic (exact) mass is 360 g/mol. The number of aliphatic hydroxyl groups is 1. The number of aromatic amines is 2. The predicted molar refractivity (Wildman–Crippen MR) is 95.3 cm³/mol. The van der Waals surface area contributed by atoms with Crippen molar-refractivity contribution < 1.29 is 19.4 Å². The molecule has 1 aromatic carbocycles. The molecule has 0 amide bonds. The third-order valence-corrected chi connectivity index (χ3v) is 4.80. The van der Waals surface area contributed by atoms with Crippen molar-refractivity contribution >= 4 is 5.97 Å². The summed E-state index contributed by atoms with van der Waals surface area (Å²) < 4.78 is 10.7. The molecule has 26 heavy (non-hydrogen) atoms. The number of hydrogen-bond donors (Lipinski definition) is 3. The van der Waals surface area contributed by atoms with Crippen LogP contribution in [0.25, 0.3) is 0 Å². The molecule has 3 rings (SSSR count). The van der Waals surface area contributed by atoms with E-state index in [0.717, 1.165) is 0 Å². The maximum absolute atomic E-state index is 12.9. The van der Waals surface area contributed by atoms with Gasteiger partial charge in [0.25, 0.3) is 5.56 Å². The average Bonchev–Trinajstić information content (AvgIpc) is 2.92. The minimum Gasteiger partial charge on any atom is -0.497 e. The van der Waals surface area contributed by atoms with Crippen LogP contribution in [0, 0.1) is 5.92 Å². The molecule has 3 N–H and O–H groups in total. The van der Waals surface area contributed by atoms with Crippen LogP contribution in [0.3, 0.4) is 0 Å². The van der Waals surface area contributed by atoms with Gasteiger partial charge in [0.05, 0.1) is 24.7 Å². The molecule has 1 heterocycles. The number of carbonyl (C=O) groups is 1. The first-order chi connectivity index (χ1) is 12.2. The van der Waals surface area contributed by atoms with E-state index in [0.29, 0.717) is 22.6 Å². The molecule has 0 fully saturated rings. The Hall–Kier alpha value is -2.54. The van der Waals surface area contributed by atoms with Gasteiger partial charge in [0.15, 0.2) is 0 Å². The van der Waals surface area contributed by atoms with Gasteiger partial charge in [-0.1, -0.05) is 12.1 Å². The van der Waals surface area contributed by atoms with E-state index in [2.05, 4.69) is 10.2 Å². The van der Waals surface area contributed by atoms with Crippen molar-refractivity contribution in [3.8, 4) is 5.75 Å². The molecule has 7 heteroatoms. The molecule has 1 aliphatic rings. The fourth-order valence-corrected chi connectivity index (χ4v) is 3.76. The minimum absolute atomic E-state index is 0.152. The van der Waals surface area contributed by atoms with Crippen molar-refractivity contribution in [1.82, 2.24) is 10.2 Å². The zero-order valence-corrected chi connectivity index (χ0v) is 15.3. The van der Waals surface area contributed by atoms with Crippen LogP contribution in [0.4, 0.5) is 0 Å². The molecular formula is C19H24N2O5. The standard InChI is InChI=1S/C19H24N2O5/c1-10(2)26-18(23)16-14(11-6-5-7-12(8-11)25-4)15-13(9-19(16,3)24)20-21-17(15)22/h5-8,10,14,16,24H,9H2,1-4H3,(H2,20,21,22)/t14-,16+,19+/m0/s1. The van der Waals surface area contributed by atoms with Gasteiger partial charge in [0.2, 0.25) is 0 Å². The Morgan fingerprint density at radius 3 is 2.73 bits per heavy atom. The topological polar surface area (TPSA) is 104 Å². The van der Waals surface area contributed by atoms with E-state index >= 15 is 0 Å². The van der Waals surface area contributed by atoms with E-state index in [1.54, 1.807) is 46.1 Å². The summed E-state index contributed by atoms with van der Waals surface area (Å²) in [6, 6.07) is 7.18. The number of aromatic nitrogens is 2. The van der Waals surface area contributed by atoms with Crippen molar-refractivity contribution in [3.63, 3.8) is 0 Å². The molecule has 0 spiro atoms. The summed E-state index contributed by atoms with van der Waals surface area (Å²) in [5.41, 5.74) is 0.0849. The lowest BCUT2D eigenvalue weighted by molar-refractivity contribution is -0.163. The van der Waals surface area contributed by atoms with Gasteiger partial charge >= 0.3 is 5.97 Å². The number of carbonyl (C=O) groups excluding carboxylic acids is 1. The molecule has 3 atom stereocenters. The predicted octanol–water partition coefficient (Wildman–Crippen LogP) is 1.72. The third kappa shape index (κ3) is 3.14. The Balaban J connectivity index is 2.20. The lowest BCUT2D eigenvalue weighted by atomic mass is 9.66. The van der Waals surface area contributed by atoms with E-state index in [1.807, 2.05) is 6.07 Å². The van der Waals surface area contributed by atoms with Crippen LogP contribution in [-0.4, -0.2) is 40.1 Å². The lowest BCUT2D eigenvalue weighted by Gasteiger charge is -2.40. The Morgan fingerprint density at radius 1 is 1.35 bits per heavy atom. The summed E-state index contributed by atoms with van der Waals surface area (Å²) in [7, 11) is 1.55. The number of rotatable bonds is 4. The highest BCUT2D eigenvalue weighted by Crippen LogP contribution is 2.45. The first kappa shape index (κ1) is 18.3. The molecule has 1 aromatic heterocycles. The number of esters is 1. The number of ether oxygens (including phenoxy) is 2. The molecule has 140 valence electrons. The van der Waals surface area contributed by atoms with Gasteiger partial charge in [-0.15, -0.1) is 0 Å². The maximum Gasteiger partial charge on any atom is 0.313 e. The summed E-state index contributed by atoms with van der Waals surface area (Å²) >= 11 is 0. The molecule has 1 aliphatic carbocycles. The number of H-pyrrole nitrogens is 2. The van der Waals surface area contributed by atoms with E-state index in [1.165, 1.54) is 0 Å². The molecule has 0 aliphatic heterocycles. The van der Waals surface area contributed by atoms with Crippen molar-refractivity contribution in [1.29, 1.82) is 0 Å². The van der Waals surface area contributed by atoms with Crippen LogP contribution in [0.1, 0.15) is 43.5 Å². The van der Waals surface area contributed by atoms with E-state index in [-0.39, 0.29) is 18.1 Å². The van der Waals surface area contributed by atoms with Crippen LogP contribution in [0.5, 0.6) is 5.75 Å². The summed E-state index contributed by atoms with van der Waals surface area (Å²) in [6.45, 7) is 5.11. The first-order valence-electron chi connectivity index (χ1n) is 8.61. The zero-order chi connectivity index (χ0) is 19.1. The van der Waals surface area contributed by atoms with Gasteiger partial charge in [-0.3, -0.25) is 14.7 Å². The van der Waals surface area contributed by atoms with Gasteiger partial charge in [-0.2, -0.15) is 0 Å². The Kier molecular flexibility index (Phi) is 4.66. The van der Waals surface area contributed by atoms with Gasteiger partial charge in [-0.25, -0.2) is 0 Å². The quantitative estimate of drug-likeness (QED) is 0.720. The van der Waals surface area contributed by atoms with Crippen molar-refractivity contribution in [2.24, 2.45) is 5.92 Å². The maximum atomic E-state index is 12.9. The molecule has 0 unspecified atom stereocenters. The number of benzene rings is 1. The second kappa shape index (κ2) is 6.64. The van der Waals surface area contributed by atoms with Gasteiger partial charge in [-0.05, 0) is 38.5 Å². The first-order valence-corrected chi connectivity index (χ1v) is 8.61. The highest BCUT2D eigenvalue weighted by molar-refractivity contribution is 5.77. The second-order valence-electron chi connectivity index (χ2n) is 7.22. The summed E-state index contributed by atoms with van der Waals surface area (Å²) in [6.07, 6.45) is -0.172. The molecule has 0 bridgehead atoms. The average molecular weight is 360 g/mol. The van der Waals surface area contributed by atoms with Crippen molar-refractivity contribution in [2.45, 2.75) is 44.8 Å². The summed E-state index contributed by atoms with van der Waals surface area (Å²) in [5, 5.41) is 16.5. The van der Waals surface area contributed by atoms with E-state index in [9.17, 15) is 14.7 Å². The Bertz CT molecular complexity index is 865. The van der Waals surface area contributed by atoms with Crippen molar-refractivity contribution in [3.05, 3.63) is 51.4 Å². The van der Waals surface area contributed by atoms with E-state index in [4.69, 9.17) is 9.47 Å². The smallest absolute Gasteiger partial charge is 0.313 e.